The van der Waals surface area contributed by atoms with Crippen molar-refractivity contribution in [2.45, 2.75) is 0 Å². The Balaban J connectivity index is 2.70. The molecule has 1 aromatic rings. The summed E-state index contributed by atoms with van der Waals surface area (Å²) in [7, 11) is 0. The van der Waals surface area contributed by atoms with Crippen molar-refractivity contribution in [3.63, 3.8) is 0 Å². The first-order chi connectivity index (χ1) is 4.88. The van der Waals surface area contributed by atoms with E-state index in [-0.39, 0.29) is 5.78 Å². The van der Waals surface area contributed by atoms with Crippen molar-refractivity contribution >= 4 is 5.78 Å². The average molecular weight is 129 g/mol. The fraction of sp³-hybridized carbons (Fsp3) is 0. The van der Waals surface area contributed by atoms with Crippen LogP contribution in [0.5, 0.6) is 0 Å². The van der Waals surface area contributed by atoms with Gasteiger partial charge in [0.1, 0.15) is 0 Å². The van der Waals surface area contributed by atoms with Gasteiger partial charge < -0.3 is 0 Å². The Morgan fingerprint density at radius 1 is 1.20 bits per heavy atom. The second-order valence-corrected chi connectivity index (χ2v) is 2.20. The van der Waals surface area contributed by atoms with E-state index in [1.807, 2.05) is 24.3 Å². The van der Waals surface area contributed by atoms with Crippen LogP contribution in [0, 0.1) is 6.08 Å². The van der Waals surface area contributed by atoms with Crippen molar-refractivity contribution in [2.75, 3.05) is 0 Å². The van der Waals surface area contributed by atoms with E-state index in [1.165, 1.54) is 6.08 Å². The first-order valence-electron chi connectivity index (χ1n) is 3.11. The van der Waals surface area contributed by atoms with Gasteiger partial charge in [-0.2, -0.15) is 0 Å². The van der Waals surface area contributed by atoms with E-state index in [0.29, 0.717) is 0 Å². The molecule has 0 aromatic heterocycles. The molecule has 2 rings (SSSR count). The van der Waals surface area contributed by atoms with Crippen LogP contribution >= 0.6 is 0 Å². The Kier molecular flexibility index (Phi) is 0.978. The molecule has 0 heterocycles. The van der Waals surface area contributed by atoms with Crippen LogP contribution in [0.1, 0.15) is 15.9 Å². The second kappa shape index (κ2) is 1.81. The molecule has 10 heavy (non-hydrogen) atoms. The highest BCUT2D eigenvalue weighted by Crippen LogP contribution is 2.15. The molecule has 0 fully saturated rings. The topological polar surface area (TPSA) is 17.1 Å². The maximum absolute atomic E-state index is 10.9. The number of benzene rings is 1. The molecule has 0 saturated heterocycles. The van der Waals surface area contributed by atoms with E-state index < -0.39 is 0 Å². The van der Waals surface area contributed by atoms with Crippen molar-refractivity contribution < 1.29 is 4.79 Å². The van der Waals surface area contributed by atoms with Gasteiger partial charge >= 0.3 is 0 Å². The van der Waals surface area contributed by atoms with Crippen LogP contribution in [0.4, 0.5) is 0 Å². The summed E-state index contributed by atoms with van der Waals surface area (Å²) in [6.45, 7) is 0. The lowest BCUT2D eigenvalue weighted by atomic mass is 10.1. The van der Waals surface area contributed by atoms with Crippen molar-refractivity contribution in [2.24, 2.45) is 0 Å². The molecule has 1 nitrogen and oxygen atoms in total. The number of allylic oxidation sites excluding steroid dienone is 1. The summed E-state index contributed by atoms with van der Waals surface area (Å²) in [6.07, 6.45) is 4.35. The summed E-state index contributed by atoms with van der Waals surface area (Å²) in [6, 6.07) is 7.46. The number of ketones is 1. The average Bonchev–Trinajstić information content (AvgIpc) is 2.34. The van der Waals surface area contributed by atoms with Crippen molar-refractivity contribution in [1.82, 2.24) is 0 Å². The van der Waals surface area contributed by atoms with E-state index >= 15 is 0 Å². The van der Waals surface area contributed by atoms with Crippen LogP contribution in [0.25, 0.3) is 0 Å². The lowest BCUT2D eigenvalue weighted by molar-refractivity contribution is 0.104. The third kappa shape index (κ3) is 0.605. The van der Waals surface area contributed by atoms with Crippen LogP contribution in [-0.2, 0) is 0 Å². The molecule has 1 heteroatoms. The van der Waals surface area contributed by atoms with E-state index in [9.17, 15) is 4.79 Å². The molecular formula is C9H5O. The normalized spacial score (nSPS) is 13.8. The molecule has 1 aromatic carbocycles. The summed E-state index contributed by atoms with van der Waals surface area (Å²) < 4.78 is 0. The van der Waals surface area contributed by atoms with E-state index in [1.54, 1.807) is 0 Å². The molecule has 0 amide bonds. The number of fused-ring (bicyclic) bond motifs is 1. The highest BCUT2D eigenvalue weighted by Gasteiger charge is 2.11. The lowest BCUT2D eigenvalue weighted by Gasteiger charge is -1.91. The molecule has 0 bridgehead atoms. The molecule has 1 aliphatic rings. The summed E-state index contributed by atoms with van der Waals surface area (Å²) in [5.74, 6) is 0.0654. The second-order valence-electron chi connectivity index (χ2n) is 2.20. The van der Waals surface area contributed by atoms with Gasteiger partial charge in [0.2, 0.25) is 0 Å². The minimum atomic E-state index is 0.0654. The van der Waals surface area contributed by atoms with Crippen LogP contribution in [-0.4, -0.2) is 5.78 Å². The molecule has 1 radical (unpaired) electrons. The molecule has 0 N–H and O–H groups in total. The van der Waals surface area contributed by atoms with Gasteiger partial charge in [0.15, 0.2) is 5.78 Å². The van der Waals surface area contributed by atoms with Gasteiger partial charge in [0.05, 0.1) is 0 Å². The van der Waals surface area contributed by atoms with Crippen LogP contribution in [0.3, 0.4) is 0 Å². The zero-order valence-electron chi connectivity index (χ0n) is 5.29. The summed E-state index contributed by atoms with van der Waals surface area (Å²) in [5.41, 5.74) is 1.68. The Bertz CT molecular complexity index is 310. The van der Waals surface area contributed by atoms with Gasteiger partial charge in [-0.1, -0.05) is 24.3 Å². The molecule has 0 aliphatic heterocycles. The third-order valence-electron chi connectivity index (χ3n) is 1.55. The lowest BCUT2D eigenvalue weighted by Crippen LogP contribution is -1.89. The van der Waals surface area contributed by atoms with Gasteiger partial charge in [-0.05, 0) is 17.7 Å². The van der Waals surface area contributed by atoms with Crippen LogP contribution in [0.15, 0.2) is 30.3 Å². The van der Waals surface area contributed by atoms with Crippen molar-refractivity contribution in [3.05, 3.63) is 47.5 Å². The zero-order chi connectivity index (χ0) is 6.97. The molecule has 1 aliphatic carbocycles. The highest BCUT2D eigenvalue weighted by atomic mass is 16.1. The SMILES string of the molecule is O=C1C=[C]c2ccccc21. The maximum Gasteiger partial charge on any atom is 0.187 e. The largest absolute Gasteiger partial charge is 0.289 e. The number of rotatable bonds is 0. The summed E-state index contributed by atoms with van der Waals surface area (Å²) in [4.78, 5) is 10.9. The minimum absolute atomic E-state index is 0.0654. The maximum atomic E-state index is 10.9. The predicted octanol–water partition coefficient (Wildman–Crippen LogP) is 1.59. The Morgan fingerprint density at radius 3 is 2.80 bits per heavy atom. The van der Waals surface area contributed by atoms with Gasteiger partial charge in [0, 0.05) is 5.56 Å². The van der Waals surface area contributed by atoms with Gasteiger partial charge in [-0.3, -0.25) is 4.79 Å². The number of carbonyl (C=O) groups is 1. The first-order valence-corrected chi connectivity index (χ1v) is 3.11. The predicted molar refractivity (Wildman–Crippen MR) is 37.7 cm³/mol. The molecule has 0 atom stereocenters. The van der Waals surface area contributed by atoms with Gasteiger partial charge in [-0.25, -0.2) is 0 Å². The standard InChI is InChI=1S/C9H5O/c10-9-6-5-7-3-1-2-4-8(7)9/h1-4,6H. The first kappa shape index (κ1) is 5.42. The zero-order valence-corrected chi connectivity index (χ0v) is 5.29. The molecule has 47 valence electrons. The van der Waals surface area contributed by atoms with E-state index in [0.717, 1.165) is 11.1 Å². The van der Waals surface area contributed by atoms with Crippen molar-refractivity contribution in [3.8, 4) is 0 Å². The Morgan fingerprint density at radius 2 is 2.00 bits per heavy atom. The minimum Gasteiger partial charge on any atom is -0.289 e. The molecule has 0 spiro atoms. The smallest absolute Gasteiger partial charge is 0.187 e. The van der Waals surface area contributed by atoms with E-state index in [4.69, 9.17) is 0 Å². The molecule has 0 saturated carbocycles. The van der Waals surface area contributed by atoms with Crippen molar-refractivity contribution in [1.29, 1.82) is 0 Å². The van der Waals surface area contributed by atoms with Crippen LogP contribution in [0.2, 0.25) is 0 Å². The fourth-order valence-electron chi connectivity index (χ4n) is 1.04. The van der Waals surface area contributed by atoms with E-state index in [2.05, 4.69) is 6.08 Å². The number of hydrogen-bond acceptors (Lipinski definition) is 1. The quantitative estimate of drug-likeness (QED) is 0.520. The van der Waals surface area contributed by atoms with Gasteiger partial charge in [-0.15, -0.1) is 0 Å². The number of hydrogen-bond donors (Lipinski definition) is 0. The third-order valence-corrected chi connectivity index (χ3v) is 1.55. The molecular weight excluding hydrogens is 124 g/mol. The Labute approximate surface area is 59.0 Å². The number of carbonyl (C=O) groups excluding carboxylic acids is 1. The summed E-state index contributed by atoms with van der Waals surface area (Å²) in [5, 5.41) is 0. The highest BCUT2D eigenvalue weighted by molar-refractivity contribution is 6.08. The summed E-state index contributed by atoms with van der Waals surface area (Å²) >= 11 is 0. The fourth-order valence-corrected chi connectivity index (χ4v) is 1.04. The molecule has 0 unspecified atom stereocenters. The van der Waals surface area contributed by atoms with Crippen LogP contribution < -0.4 is 0 Å². The monoisotopic (exact) mass is 129 g/mol. The Hall–Kier alpha value is -1.37. The van der Waals surface area contributed by atoms with Gasteiger partial charge in [0.25, 0.3) is 0 Å².